The first-order chi connectivity index (χ1) is 11.0. The molecule has 1 N–H and O–H groups in total. The molecule has 0 fully saturated rings. The van der Waals surface area contributed by atoms with Crippen molar-refractivity contribution in [3.8, 4) is 5.75 Å². The number of carbonyl (C=O) groups excluding carboxylic acids is 1. The predicted molar refractivity (Wildman–Crippen MR) is 96.0 cm³/mol. The zero-order chi connectivity index (χ0) is 16.8. The highest BCUT2D eigenvalue weighted by atomic mass is 79.9. The molecular weight excluding hydrogens is 356 g/mol. The van der Waals surface area contributed by atoms with Crippen molar-refractivity contribution in [1.82, 2.24) is 5.43 Å². The van der Waals surface area contributed by atoms with Gasteiger partial charge in [0.2, 0.25) is 0 Å². The number of nitrogens with zero attached hydrogens (tertiary/aromatic N) is 1. The minimum atomic E-state index is -0.305. The summed E-state index contributed by atoms with van der Waals surface area (Å²) >= 11 is 3.45. The Morgan fingerprint density at radius 3 is 2.52 bits per heavy atom. The lowest BCUT2D eigenvalue weighted by Gasteiger charge is -2.11. The maximum absolute atomic E-state index is 11.8. The molecule has 1 amide bonds. The van der Waals surface area contributed by atoms with Gasteiger partial charge in [0, 0.05) is 0 Å². The van der Waals surface area contributed by atoms with Crippen molar-refractivity contribution >= 4 is 28.1 Å². The Morgan fingerprint density at radius 1 is 1.17 bits per heavy atom. The van der Waals surface area contributed by atoms with Crippen molar-refractivity contribution in [1.29, 1.82) is 0 Å². The molecule has 0 aromatic heterocycles. The van der Waals surface area contributed by atoms with Gasteiger partial charge in [0.05, 0.1) is 10.7 Å². The summed E-state index contributed by atoms with van der Waals surface area (Å²) < 4.78 is 6.41. The van der Waals surface area contributed by atoms with Gasteiger partial charge in [0.1, 0.15) is 5.75 Å². The number of rotatable bonds is 5. The van der Waals surface area contributed by atoms with E-state index in [-0.39, 0.29) is 12.5 Å². The second-order valence-corrected chi connectivity index (χ2v) is 6.24. The largest absolute Gasteiger partial charge is 0.482 e. The van der Waals surface area contributed by atoms with Crippen LogP contribution < -0.4 is 10.2 Å². The highest BCUT2D eigenvalue weighted by molar-refractivity contribution is 9.10. The Morgan fingerprint density at radius 2 is 1.87 bits per heavy atom. The van der Waals surface area contributed by atoms with E-state index in [1.54, 1.807) is 6.21 Å². The van der Waals surface area contributed by atoms with Gasteiger partial charge in [-0.15, -0.1) is 0 Å². The summed E-state index contributed by atoms with van der Waals surface area (Å²) in [5, 5.41) is 3.93. The second kappa shape index (κ2) is 7.92. The summed E-state index contributed by atoms with van der Waals surface area (Å²) in [5.41, 5.74) is 6.67. The van der Waals surface area contributed by atoms with Gasteiger partial charge in [-0.2, -0.15) is 5.10 Å². The third-order valence-electron chi connectivity index (χ3n) is 3.20. The van der Waals surface area contributed by atoms with Crippen LogP contribution in [0, 0.1) is 20.8 Å². The Balaban J connectivity index is 1.87. The predicted octanol–water partition coefficient (Wildman–Crippen LogP) is 3.90. The quantitative estimate of drug-likeness (QED) is 0.637. The van der Waals surface area contributed by atoms with Crippen LogP contribution in [0.1, 0.15) is 22.3 Å². The summed E-state index contributed by atoms with van der Waals surface area (Å²) in [5.74, 6) is 0.369. The van der Waals surface area contributed by atoms with Crippen LogP contribution in [0.15, 0.2) is 46.0 Å². The number of nitrogens with one attached hydrogen (secondary N) is 1. The maximum atomic E-state index is 11.8. The van der Waals surface area contributed by atoms with E-state index in [0.29, 0.717) is 5.75 Å². The molecule has 0 saturated heterocycles. The molecule has 0 unspecified atom stereocenters. The summed E-state index contributed by atoms with van der Waals surface area (Å²) in [6.07, 6.45) is 1.60. The van der Waals surface area contributed by atoms with Crippen LogP contribution in [0.2, 0.25) is 0 Å². The van der Waals surface area contributed by atoms with Crippen molar-refractivity contribution in [2.75, 3.05) is 6.61 Å². The number of ether oxygens (including phenoxy) is 1. The molecule has 0 spiro atoms. The first-order valence-electron chi connectivity index (χ1n) is 7.24. The van der Waals surface area contributed by atoms with Gasteiger partial charge >= 0.3 is 0 Å². The van der Waals surface area contributed by atoms with E-state index < -0.39 is 0 Å². The number of halogens is 1. The SMILES string of the molecule is Cc1ccc(/C=N\NC(=O)COc2c(C)cc(C)cc2Br)cc1. The molecule has 0 aliphatic carbocycles. The van der Waals surface area contributed by atoms with Crippen LogP contribution in [-0.2, 0) is 4.79 Å². The van der Waals surface area contributed by atoms with E-state index in [2.05, 4.69) is 26.5 Å². The molecule has 0 heterocycles. The minimum Gasteiger partial charge on any atom is -0.482 e. The van der Waals surface area contributed by atoms with Crippen molar-refractivity contribution in [3.05, 3.63) is 63.1 Å². The lowest BCUT2D eigenvalue weighted by Crippen LogP contribution is -2.24. The van der Waals surface area contributed by atoms with Crippen LogP contribution in [0.4, 0.5) is 0 Å². The summed E-state index contributed by atoms with van der Waals surface area (Å²) in [6, 6.07) is 11.8. The first-order valence-corrected chi connectivity index (χ1v) is 8.03. The molecule has 2 aromatic carbocycles. The van der Waals surface area contributed by atoms with Crippen LogP contribution in [0.3, 0.4) is 0 Å². The van der Waals surface area contributed by atoms with E-state index in [1.165, 1.54) is 5.56 Å². The normalized spacial score (nSPS) is 10.8. The third kappa shape index (κ3) is 5.21. The second-order valence-electron chi connectivity index (χ2n) is 5.39. The number of benzene rings is 2. The summed E-state index contributed by atoms with van der Waals surface area (Å²) in [4.78, 5) is 11.8. The summed E-state index contributed by atoms with van der Waals surface area (Å²) in [6.45, 7) is 5.88. The molecule has 0 atom stereocenters. The van der Waals surface area contributed by atoms with E-state index in [0.717, 1.165) is 21.2 Å². The monoisotopic (exact) mass is 374 g/mol. The van der Waals surface area contributed by atoms with E-state index in [4.69, 9.17) is 4.74 Å². The van der Waals surface area contributed by atoms with Crippen LogP contribution in [0.5, 0.6) is 5.75 Å². The highest BCUT2D eigenvalue weighted by Crippen LogP contribution is 2.29. The third-order valence-corrected chi connectivity index (χ3v) is 3.79. The molecule has 0 radical (unpaired) electrons. The van der Waals surface area contributed by atoms with E-state index in [1.807, 2.05) is 57.2 Å². The van der Waals surface area contributed by atoms with Crippen molar-refractivity contribution in [2.45, 2.75) is 20.8 Å². The first kappa shape index (κ1) is 17.2. The molecule has 0 aliphatic heterocycles. The molecule has 0 bridgehead atoms. The zero-order valence-electron chi connectivity index (χ0n) is 13.4. The molecule has 2 aromatic rings. The number of hydrogen-bond donors (Lipinski definition) is 1. The van der Waals surface area contributed by atoms with Crippen LogP contribution >= 0.6 is 15.9 Å². The highest BCUT2D eigenvalue weighted by Gasteiger charge is 2.08. The lowest BCUT2D eigenvalue weighted by atomic mass is 10.1. The molecule has 23 heavy (non-hydrogen) atoms. The number of hydrazone groups is 1. The molecule has 4 nitrogen and oxygen atoms in total. The van der Waals surface area contributed by atoms with Crippen LogP contribution in [0.25, 0.3) is 0 Å². The van der Waals surface area contributed by atoms with Crippen LogP contribution in [-0.4, -0.2) is 18.7 Å². The van der Waals surface area contributed by atoms with Crippen molar-refractivity contribution in [3.63, 3.8) is 0 Å². The Bertz CT molecular complexity index is 701. The smallest absolute Gasteiger partial charge is 0.277 e. The van der Waals surface area contributed by atoms with Crippen molar-refractivity contribution in [2.24, 2.45) is 5.10 Å². The van der Waals surface area contributed by atoms with Gasteiger partial charge in [0.25, 0.3) is 5.91 Å². The molecule has 0 aliphatic rings. The number of carbonyl (C=O) groups is 1. The maximum Gasteiger partial charge on any atom is 0.277 e. The fourth-order valence-corrected chi connectivity index (χ4v) is 2.87. The van der Waals surface area contributed by atoms with Gasteiger partial charge in [-0.25, -0.2) is 5.43 Å². The van der Waals surface area contributed by atoms with Gasteiger partial charge in [0.15, 0.2) is 6.61 Å². The number of hydrogen-bond acceptors (Lipinski definition) is 3. The number of amides is 1. The molecular formula is C18H19BrN2O2. The van der Waals surface area contributed by atoms with E-state index >= 15 is 0 Å². The standard InChI is InChI=1S/C18H19BrN2O2/c1-12-4-6-15(7-5-12)10-20-21-17(22)11-23-18-14(3)8-13(2)9-16(18)19/h4-10H,11H2,1-3H3,(H,21,22)/b20-10-. The summed E-state index contributed by atoms with van der Waals surface area (Å²) in [7, 11) is 0. The minimum absolute atomic E-state index is 0.0895. The van der Waals surface area contributed by atoms with E-state index in [9.17, 15) is 4.79 Å². The zero-order valence-corrected chi connectivity index (χ0v) is 15.0. The fraction of sp³-hybridized carbons (Fsp3) is 0.222. The average molecular weight is 375 g/mol. The lowest BCUT2D eigenvalue weighted by molar-refractivity contribution is -0.123. The van der Waals surface area contributed by atoms with Gasteiger partial charge in [-0.05, 0) is 59.5 Å². The molecule has 120 valence electrons. The average Bonchev–Trinajstić information content (AvgIpc) is 2.48. The molecule has 5 heteroatoms. The van der Waals surface area contributed by atoms with Gasteiger partial charge < -0.3 is 4.74 Å². The number of aryl methyl sites for hydroxylation is 3. The Kier molecular flexibility index (Phi) is 5.93. The Hall–Kier alpha value is -2.14. The topological polar surface area (TPSA) is 50.7 Å². The van der Waals surface area contributed by atoms with Crippen molar-refractivity contribution < 1.29 is 9.53 Å². The molecule has 2 rings (SSSR count). The van der Waals surface area contributed by atoms with Gasteiger partial charge in [-0.1, -0.05) is 35.9 Å². The fourth-order valence-electron chi connectivity index (χ4n) is 2.09. The molecule has 0 saturated carbocycles. The Labute approximate surface area is 144 Å². The van der Waals surface area contributed by atoms with Gasteiger partial charge in [-0.3, -0.25) is 4.79 Å².